The first-order valence-corrected chi connectivity index (χ1v) is 18.1. The minimum absolute atomic E-state index is 0.976. The van der Waals surface area contributed by atoms with Gasteiger partial charge >= 0.3 is 0 Å². The molecule has 0 spiro atoms. The number of hydrogen-bond acceptors (Lipinski definition) is 2. The van der Waals surface area contributed by atoms with Gasteiger partial charge in [0.1, 0.15) is 0 Å². The van der Waals surface area contributed by atoms with Gasteiger partial charge in [0.15, 0.2) is 0 Å². The summed E-state index contributed by atoms with van der Waals surface area (Å²) < 4.78 is 4.68. The Balaban J connectivity index is 1.61. The highest BCUT2D eigenvalue weighted by molar-refractivity contribution is 7.06. The molecule has 0 unspecified atom stereocenters. The lowest BCUT2D eigenvalue weighted by molar-refractivity contribution is 0.646. The molecule has 0 heterocycles. The van der Waals surface area contributed by atoms with Crippen molar-refractivity contribution < 1.29 is 0 Å². The topological polar surface area (TPSA) is 6.48 Å². The van der Waals surface area contributed by atoms with Crippen molar-refractivity contribution in [1.29, 1.82) is 0 Å². The Morgan fingerprint density at radius 1 is 0.381 bits per heavy atom. The van der Waals surface area contributed by atoms with Crippen LogP contribution in [0.5, 0.6) is 0 Å². The summed E-state index contributed by atoms with van der Waals surface area (Å²) in [5.74, 6) is 7.18. The Morgan fingerprint density at radius 2 is 0.667 bits per heavy atom. The molecule has 0 saturated heterocycles. The smallest absolute Gasteiger partial charge is 0.274 e. The van der Waals surface area contributed by atoms with E-state index in [0.29, 0.717) is 0 Å². The van der Waals surface area contributed by atoms with Gasteiger partial charge in [-0.1, -0.05) is 150 Å². The standard InChI is InChI=1S/C38H36N2Si2/c1-39(2)41(35-20-9-5-10-21-35,36-22-11-6-12-23-36)30-28-33-18-17-19-34(32-33)29-31-42(40(3)4,37-24-13-7-14-25-37)38-26-15-8-16-27-38/h5-27,32H,1-4H3. The van der Waals surface area contributed by atoms with Crippen LogP contribution in [0.4, 0.5) is 0 Å². The molecule has 42 heavy (non-hydrogen) atoms. The van der Waals surface area contributed by atoms with Crippen molar-refractivity contribution in [1.82, 2.24) is 9.13 Å². The molecule has 0 radical (unpaired) electrons. The van der Waals surface area contributed by atoms with Crippen LogP contribution in [-0.4, -0.2) is 53.8 Å². The fourth-order valence-corrected chi connectivity index (χ4v) is 12.7. The molecular weight excluding hydrogens is 541 g/mol. The fourth-order valence-electron chi connectivity index (χ4n) is 5.60. The minimum atomic E-state index is -2.54. The molecular formula is C38H36N2Si2. The van der Waals surface area contributed by atoms with Crippen LogP contribution in [0.15, 0.2) is 146 Å². The van der Waals surface area contributed by atoms with Gasteiger partial charge in [0, 0.05) is 11.1 Å². The van der Waals surface area contributed by atoms with E-state index in [2.05, 4.69) is 206 Å². The van der Waals surface area contributed by atoms with E-state index >= 15 is 0 Å². The summed E-state index contributed by atoms with van der Waals surface area (Å²) in [5.41, 5.74) is 9.59. The first kappa shape index (κ1) is 29.1. The van der Waals surface area contributed by atoms with Gasteiger partial charge in [-0.25, -0.2) is 0 Å². The van der Waals surface area contributed by atoms with Crippen LogP contribution in [0.1, 0.15) is 11.1 Å². The van der Waals surface area contributed by atoms with E-state index in [1.54, 1.807) is 0 Å². The minimum Gasteiger partial charge on any atom is -0.313 e. The summed E-state index contributed by atoms with van der Waals surface area (Å²) >= 11 is 0. The Kier molecular flexibility index (Phi) is 9.03. The van der Waals surface area contributed by atoms with E-state index in [1.807, 2.05) is 0 Å². The van der Waals surface area contributed by atoms with Gasteiger partial charge in [0.25, 0.3) is 16.5 Å². The molecule has 0 N–H and O–H groups in total. The third kappa shape index (κ3) is 5.81. The fraction of sp³-hybridized carbons (Fsp3) is 0.105. The quantitative estimate of drug-likeness (QED) is 0.222. The van der Waals surface area contributed by atoms with E-state index in [1.165, 1.54) is 20.7 Å². The molecule has 0 bridgehead atoms. The van der Waals surface area contributed by atoms with E-state index < -0.39 is 16.5 Å². The van der Waals surface area contributed by atoms with Crippen LogP contribution in [-0.2, 0) is 0 Å². The van der Waals surface area contributed by atoms with Crippen LogP contribution in [0, 0.1) is 22.9 Å². The molecule has 0 aliphatic heterocycles. The summed E-state index contributed by atoms with van der Waals surface area (Å²) in [6.45, 7) is 0. The Hall–Kier alpha value is -4.43. The Labute approximate surface area is 253 Å². The molecule has 206 valence electrons. The SMILES string of the molecule is CN(C)[Si](C#Cc1cccc(C#C[Si](c2ccccc2)(c2ccccc2)N(C)C)c1)(c1ccccc1)c1ccccc1. The number of benzene rings is 5. The van der Waals surface area contributed by atoms with Gasteiger partial charge in [-0.3, -0.25) is 0 Å². The molecule has 0 amide bonds. The highest BCUT2D eigenvalue weighted by Gasteiger charge is 2.40. The molecule has 5 rings (SSSR count). The van der Waals surface area contributed by atoms with Crippen molar-refractivity contribution in [3.8, 4) is 22.9 Å². The first-order chi connectivity index (χ1) is 20.5. The second-order valence-electron chi connectivity index (χ2n) is 10.8. The summed E-state index contributed by atoms with van der Waals surface area (Å²) in [6.07, 6.45) is 0. The molecule has 0 aliphatic rings. The predicted octanol–water partition coefficient (Wildman–Crippen LogP) is 4.11. The molecule has 4 heteroatoms. The van der Waals surface area contributed by atoms with Gasteiger partial charge in [-0.15, -0.1) is 0 Å². The molecule has 2 nitrogen and oxygen atoms in total. The van der Waals surface area contributed by atoms with Crippen molar-refractivity contribution in [2.24, 2.45) is 0 Å². The van der Waals surface area contributed by atoms with Crippen molar-refractivity contribution in [2.75, 3.05) is 28.2 Å². The van der Waals surface area contributed by atoms with Crippen molar-refractivity contribution in [3.63, 3.8) is 0 Å². The second kappa shape index (κ2) is 13.0. The molecule has 0 atom stereocenters. The molecule has 0 fully saturated rings. The van der Waals surface area contributed by atoms with Crippen LogP contribution in [0.3, 0.4) is 0 Å². The molecule has 5 aromatic rings. The van der Waals surface area contributed by atoms with Crippen molar-refractivity contribution >= 4 is 37.2 Å². The normalized spacial score (nSPS) is 11.4. The third-order valence-corrected chi connectivity index (χ3v) is 16.1. The first-order valence-electron chi connectivity index (χ1n) is 14.2. The van der Waals surface area contributed by atoms with Crippen molar-refractivity contribution in [2.45, 2.75) is 0 Å². The van der Waals surface area contributed by atoms with Gasteiger partial charge in [-0.2, -0.15) is 0 Å². The lowest BCUT2D eigenvalue weighted by Crippen LogP contribution is -2.67. The Bertz CT molecular complexity index is 1520. The summed E-state index contributed by atoms with van der Waals surface area (Å²) in [4.78, 5) is 0. The number of hydrogen-bond donors (Lipinski definition) is 0. The molecule has 0 aromatic heterocycles. The summed E-state index contributed by atoms with van der Waals surface area (Å²) in [5, 5.41) is 5.10. The predicted molar refractivity (Wildman–Crippen MR) is 183 cm³/mol. The van der Waals surface area contributed by atoms with Crippen molar-refractivity contribution in [3.05, 3.63) is 157 Å². The van der Waals surface area contributed by atoms with Crippen LogP contribution in [0.2, 0.25) is 0 Å². The number of nitrogens with zero attached hydrogens (tertiary/aromatic N) is 2. The summed E-state index contributed by atoms with van der Waals surface area (Å²) in [6, 6.07) is 51.3. The third-order valence-electron chi connectivity index (χ3n) is 7.75. The maximum atomic E-state index is 3.82. The number of rotatable bonds is 6. The van der Waals surface area contributed by atoms with Gasteiger partial charge in [0.2, 0.25) is 0 Å². The molecule has 0 saturated carbocycles. The van der Waals surface area contributed by atoms with Gasteiger partial charge in [0.05, 0.1) is 0 Å². The highest BCUT2D eigenvalue weighted by Crippen LogP contribution is 2.12. The van der Waals surface area contributed by atoms with Crippen LogP contribution in [0.25, 0.3) is 0 Å². The monoisotopic (exact) mass is 576 g/mol. The van der Waals surface area contributed by atoms with Gasteiger partial charge < -0.3 is 9.13 Å². The van der Waals surface area contributed by atoms with E-state index in [9.17, 15) is 0 Å². The van der Waals surface area contributed by atoms with Crippen LogP contribution >= 0.6 is 0 Å². The summed E-state index contributed by atoms with van der Waals surface area (Å²) in [7, 11) is 3.54. The largest absolute Gasteiger partial charge is 0.313 e. The maximum Gasteiger partial charge on any atom is 0.274 e. The molecule has 0 aliphatic carbocycles. The average Bonchev–Trinajstić information content (AvgIpc) is 3.04. The zero-order valence-electron chi connectivity index (χ0n) is 24.8. The van der Waals surface area contributed by atoms with E-state index in [0.717, 1.165) is 11.1 Å². The lowest BCUT2D eigenvalue weighted by atomic mass is 10.1. The average molecular weight is 577 g/mol. The zero-order chi connectivity index (χ0) is 29.4. The molecule has 5 aromatic carbocycles. The van der Waals surface area contributed by atoms with Crippen LogP contribution < -0.4 is 20.7 Å². The van der Waals surface area contributed by atoms with E-state index in [-0.39, 0.29) is 0 Å². The van der Waals surface area contributed by atoms with E-state index in [4.69, 9.17) is 0 Å². The Morgan fingerprint density at radius 3 is 0.929 bits per heavy atom. The maximum absolute atomic E-state index is 3.82. The second-order valence-corrected chi connectivity index (χ2v) is 18.2. The van der Waals surface area contributed by atoms with Gasteiger partial charge in [-0.05, 0) is 67.1 Å². The highest BCUT2D eigenvalue weighted by atomic mass is 28.3. The zero-order valence-corrected chi connectivity index (χ0v) is 26.8. The lowest BCUT2D eigenvalue weighted by Gasteiger charge is -2.33.